The van der Waals surface area contributed by atoms with Crippen molar-refractivity contribution in [3.63, 3.8) is 0 Å². The van der Waals surface area contributed by atoms with E-state index in [9.17, 15) is 31.1 Å². The second-order valence-corrected chi connectivity index (χ2v) is 5.46. The Kier molecular flexibility index (Phi) is 10.3. The number of benzene rings is 1. The Morgan fingerprint density at radius 3 is 1.94 bits per heavy atom. The maximum atomic E-state index is 10.6. The minimum atomic E-state index is -5.19. The summed E-state index contributed by atoms with van der Waals surface area (Å²) in [5.74, 6) is -6.74. The molecular formula is C16H15F6N3O6. The van der Waals surface area contributed by atoms with E-state index in [0.717, 1.165) is 10.9 Å². The molecule has 1 unspecified atom stereocenters. The van der Waals surface area contributed by atoms with Gasteiger partial charge in [-0.1, -0.05) is 22.9 Å². The van der Waals surface area contributed by atoms with Gasteiger partial charge in [-0.25, -0.2) is 4.79 Å². The molecule has 0 aliphatic heterocycles. The number of nitrogens with zero attached hydrogens (tertiary/aromatic N) is 2. The normalized spacial score (nSPS) is 12.0. The van der Waals surface area contributed by atoms with E-state index >= 15 is 0 Å². The molecule has 9 nitrogen and oxygen atoms in total. The standard InChI is InChI=1S/C12H13N3O2.2C2HF3O2/c13-10(12(16)17)6-8-15-7-5-9-3-1-2-4-11(9)14-15;2*3-2(4,5)1(6)7/h1-5,7,10H,6,8,13H2;2*(H,6,7). The number of aliphatic carboxylic acids is 3. The topological polar surface area (TPSA) is 158 Å². The fraction of sp³-hybridized carbons (Fsp3) is 0.312. The molecule has 0 radical (unpaired) electrons. The summed E-state index contributed by atoms with van der Waals surface area (Å²) in [5.41, 5.74) is 6.32. The summed E-state index contributed by atoms with van der Waals surface area (Å²) < 4.78 is 65.0. The number of carboxylic acids is 3. The summed E-state index contributed by atoms with van der Waals surface area (Å²) in [5, 5.41) is 30.0. The van der Waals surface area contributed by atoms with Crippen LogP contribution in [0.1, 0.15) is 6.42 Å². The lowest BCUT2D eigenvalue weighted by Crippen LogP contribution is -2.42. The monoisotopic (exact) mass is 459 g/mol. The first-order valence-electron chi connectivity index (χ1n) is 7.88. The fourth-order valence-electron chi connectivity index (χ4n) is 1.58. The first kappa shape index (κ1) is 27.5. The SMILES string of the molecule is NC(CC[n+]1ccc2ccccc2n1)C(=O)O.O=C(O)C(F)(F)F.O=C([O-])C(F)(F)F. The maximum Gasteiger partial charge on any atom is 0.490 e. The van der Waals surface area contributed by atoms with Gasteiger partial charge in [0.15, 0.2) is 12.7 Å². The molecule has 172 valence electrons. The second-order valence-electron chi connectivity index (χ2n) is 5.46. The average molecular weight is 459 g/mol. The van der Waals surface area contributed by atoms with Crippen LogP contribution in [0.15, 0.2) is 36.5 Å². The zero-order chi connectivity index (χ0) is 24.4. The van der Waals surface area contributed by atoms with Crippen molar-refractivity contribution < 1.29 is 60.7 Å². The second kappa shape index (κ2) is 11.6. The Bertz CT molecular complexity index is 879. The van der Waals surface area contributed by atoms with Gasteiger partial charge in [0, 0.05) is 23.0 Å². The zero-order valence-corrected chi connectivity index (χ0v) is 15.2. The lowest BCUT2D eigenvalue weighted by molar-refractivity contribution is -0.752. The van der Waals surface area contributed by atoms with Crippen molar-refractivity contribution in [2.24, 2.45) is 5.73 Å². The summed E-state index contributed by atoms with van der Waals surface area (Å²) in [7, 11) is 0. The van der Waals surface area contributed by atoms with E-state index in [1.165, 1.54) is 0 Å². The molecule has 1 heterocycles. The van der Waals surface area contributed by atoms with Gasteiger partial charge in [0.1, 0.15) is 17.5 Å². The molecule has 0 amide bonds. The van der Waals surface area contributed by atoms with Crippen LogP contribution >= 0.6 is 0 Å². The van der Waals surface area contributed by atoms with Gasteiger partial charge in [-0.15, -0.1) is 0 Å². The van der Waals surface area contributed by atoms with Gasteiger partial charge in [-0.05, 0) is 6.07 Å². The number of rotatable bonds is 4. The molecule has 1 atom stereocenters. The number of carboxylic acid groups (broad SMARTS) is 3. The summed E-state index contributed by atoms with van der Waals surface area (Å²) in [6.45, 7) is 0.498. The van der Waals surface area contributed by atoms with E-state index in [2.05, 4.69) is 5.10 Å². The van der Waals surface area contributed by atoms with Crippen LogP contribution in [-0.4, -0.2) is 51.6 Å². The van der Waals surface area contributed by atoms with Gasteiger partial charge in [0.2, 0.25) is 0 Å². The lowest BCUT2D eigenvalue weighted by atomic mass is 10.2. The molecule has 1 aromatic heterocycles. The number of fused-ring (bicyclic) bond motifs is 1. The molecule has 31 heavy (non-hydrogen) atoms. The Balaban J connectivity index is 0.000000536. The molecule has 0 spiro atoms. The highest BCUT2D eigenvalue weighted by Gasteiger charge is 2.38. The van der Waals surface area contributed by atoms with E-state index in [1.807, 2.05) is 36.5 Å². The van der Waals surface area contributed by atoms with Gasteiger partial charge in [0.25, 0.3) is 0 Å². The highest BCUT2D eigenvalue weighted by molar-refractivity contribution is 5.76. The van der Waals surface area contributed by atoms with Crippen LogP contribution in [-0.2, 0) is 20.9 Å². The number of carbonyl (C=O) groups is 3. The first-order chi connectivity index (χ1) is 14.1. The van der Waals surface area contributed by atoms with E-state index in [-0.39, 0.29) is 0 Å². The van der Waals surface area contributed by atoms with Crippen LogP contribution in [0, 0.1) is 0 Å². The number of alkyl halides is 6. The van der Waals surface area contributed by atoms with Gasteiger partial charge in [-0.2, -0.15) is 26.3 Å². The van der Waals surface area contributed by atoms with E-state index < -0.39 is 36.3 Å². The third kappa shape index (κ3) is 11.3. The fourth-order valence-corrected chi connectivity index (χ4v) is 1.58. The first-order valence-corrected chi connectivity index (χ1v) is 7.88. The van der Waals surface area contributed by atoms with Crippen LogP contribution in [0.5, 0.6) is 0 Å². The number of aromatic nitrogens is 2. The minimum absolute atomic E-state index is 0.366. The van der Waals surface area contributed by atoms with Crippen molar-refractivity contribution >= 4 is 28.8 Å². The van der Waals surface area contributed by atoms with E-state index in [1.54, 1.807) is 4.68 Å². The molecule has 0 saturated carbocycles. The smallest absolute Gasteiger partial charge is 0.490 e. The molecule has 15 heteroatoms. The molecule has 0 aliphatic rings. The van der Waals surface area contributed by atoms with Crippen LogP contribution < -0.4 is 15.5 Å². The third-order valence-electron chi connectivity index (χ3n) is 3.06. The molecular weight excluding hydrogens is 444 g/mol. The number of nitrogens with two attached hydrogens (primary N) is 1. The highest BCUT2D eigenvalue weighted by Crippen LogP contribution is 2.13. The Morgan fingerprint density at radius 1 is 1.03 bits per heavy atom. The zero-order valence-electron chi connectivity index (χ0n) is 15.2. The Labute approximate surface area is 169 Å². The predicted molar refractivity (Wildman–Crippen MR) is 86.9 cm³/mol. The Morgan fingerprint density at radius 2 is 1.52 bits per heavy atom. The van der Waals surface area contributed by atoms with Gasteiger partial charge in [0.05, 0.1) is 0 Å². The minimum Gasteiger partial charge on any atom is -0.542 e. The summed E-state index contributed by atoms with van der Waals surface area (Å²) in [6.07, 6.45) is -8.08. The van der Waals surface area contributed by atoms with Crippen molar-refractivity contribution in [2.45, 2.75) is 31.4 Å². The largest absolute Gasteiger partial charge is 0.542 e. The van der Waals surface area contributed by atoms with Crippen molar-refractivity contribution in [1.29, 1.82) is 0 Å². The van der Waals surface area contributed by atoms with Crippen molar-refractivity contribution in [2.75, 3.05) is 0 Å². The molecule has 0 bridgehead atoms. The van der Waals surface area contributed by atoms with Crippen LogP contribution in [0.4, 0.5) is 26.3 Å². The van der Waals surface area contributed by atoms with E-state index in [4.69, 9.17) is 30.6 Å². The van der Waals surface area contributed by atoms with Gasteiger partial charge in [-0.3, -0.25) is 4.79 Å². The molecule has 4 N–H and O–H groups in total. The van der Waals surface area contributed by atoms with Crippen molar-refractivity contribution in [3.05, 3.63) is 36.5 Å². The summed E-state index contributed by atoms with van der Waals surface area (Å²) >= 11 is 0. The van der Waals surface area contributed by atoms with Crippen LogP contribution in [0.25, 0.3) is 10.9 Å². The molecule has 2 rings (SSSR count). The van der Waals surface area contributed by atoms with Gasteiger partial charge < -0.3 is 25.8 Å². The quantitative estimate of drug-likeness (QED) is 0.434. The van der Waals surface area contributed by atoms with Crippen LogP contribution in [0.3, 0.4) is 0 Å². The number of carbonyl (C=O) groups excluding carboxylic acids is 1. The van der Waals surface area contributed by atoms with E-state index in [0.29, 0.717) is 13.0 Å². The summed E-state index contributed by atoms with van der Waals surface area (Å²) in [6, 6.07) is 8.89. The predicted octanol–water partition coefficient (Wildman–Crippen LogP) is 0.256. The number of aryl methyl sites for hydroxylation is 1. The maximum absolute atomic E-state index is 10.6. The number of halogens is 6. The van der Waals surface area contributed by atoms with Crippen LogP contribution in [0.2, 0.25) is 0 Å². The molecule has 2 aromatic rings. The summed E-state index contributed by atoms with van der Waals surface area (Å²) in [4.78, 5) is 28.3. The average Bonchev–Trinajstić information content (AvgIpc) is 2.65. The number of hydrogen-bond donors (Lipinski definition) is 3. The molecule has 0 fully saturated rings. The highest BCUT2D eigenvalue weighted by atomic mass is 19.4. The van der Waals surface area contributed by atoms with Gasteiger partial charge >= 0.3 is 24.3 Å². The Hall–Kier alpha value is -3.49. The molecule has 0 aliphatic carbocycles. The van der Waals surface area contributed by atoms with Crippen molar-refractivity contribution in [3.8, 4) is 0 Å². The third-order valence-corrected chi connectivity index (χ3v) is 3.06. The van der Waals surface area contributed by atoms with Crippen molar-refractivity contribution in [1.82, 2.24) is 5.10 Å². The molecule has 1 aromatic carbocycles. The molecule has 0 saturated heterocycles. The number of hydrogen-bond acceptors (Lipinski definition) is 6. The lowest BCUT2D eigenvalue weighted by Gasteiger charge is -2.03.